The first-order valence-corrected chi connectivity index (χ1v) is 8.24. The maximum atomic E-state index is 12.4. The minimum Gasteiger partial charge on any atom is -0.465 e. The topological polar surface area (TPSA) is 63.7 Å². The summed E-state index contributed by atoms with van der Waals surface area (Å²) >= 11 is 0. The number of esters is 1. The zero-order chi connectivity index (χ0) is 16.2. The largest absolute Gasteiger partial charge is 0.465 e. The molecular formula is C16H17NO4S. The van der Waals surface area contributed by atoms with Crippen LogP contribution in [0.25, 0.3) is 0 Å². The minimum atomic E-state index is -3.49. The van der Waals surface area contributed by atoms with Crippen molar-refractivity contribution in [3.8, 4) is 0 Å². The van der Waals surface area contributed by atoms with Gasteiger partial charge in [-0.25, -0.2) is 13.2 Å². The van der Waals surface area contributed by atoms with Crippen LogP contribution in [-0.4, -0.2) is 28.5 Å². The summed E-state index contributed by atoms with van der Waals surface area (Å²) < 4.78 is 30.7. The predicted octanol–water partition coefficient (Wildman–Crippen LogP) is 2.44. The van der Waals surface area contributed by atoms with Crippen LogP contribution < -0.4 is 4.31 Å². The smallest absolute Gasteiger partial charge is 0.337 e. The van der Waals surface area contributed by atoms with Crippen LogP contribution in [0.4, 0.5) is 5.69 Å². The Morgan fingerprint density at radius 2 is 1.64 bits per heavy atom. The van der Waals surface area contributed by atoms with Gasteiger partial charge in [-0.2, -0.15) is 0 Å². The van der Waals surface area contributed by atoms with Gasteiger partial charge in [-0.15, -0.1) is 0 Å². The molecule has 0 aliphatic heterocycles. The van der Waals surface area contributed by atoms with Crippen LogP contribution in [0.5, 0.6) is 0 Å². The first kappa shape index (κ1) is 16.0. The molecule has 0 heterocycles. The van der Waals surface area contributed by atoms with E-state index in [4.69, 9.17) is 0 Å². The van der Waals surface area contributed by atoms with Gasteiger partial charge in [0.1, 0.15) is 0 Å². The summed E-state index contributed by atoms with van der Waals surface area (Å²) in [5.74, 6) is -0.587. The van der Waals surface area contributed by atoms with E-state index in [0.29, 0.717) is 16.8 Å². The molecule has 0 spiro atoms. The Kier molecular flexibility index (Phi) is 4.82. The number of nitrogens with zero attached hydrogens (tertiary/aromatic N) is 1. The highest BCUT2D eigenvalue weighted by Crippen LogP contribution is 2.18. The summed E-state index contributed by atoms with van der Waals surface area (Å²) in [4.78, 5) is 11.4. The van der Waals surface area contributed by atoms with Gasteiger partial charge in [0.05, 0.1) is 24.1 Å². The highest BCUT2D eigenvalue weighted by atomic mass is 32.2. The van der Waals surface area contributed by atoms with Crippen molar-refractivity contribution >= 4 is 21.7 Å². The summed E-state index contributed by atoms with van der Waals surface area (Å²) in [6.07, 6.45) is 0. The average Bonchev–Trinajstić information content (AvgIpc) is 2.54. The summed E-state index contributed by atoms with van der Waals surface area (Å²) in [6.45, 7) is 0. The number of anilines is 1. The van der Waals surface area contributed by atoms with Crippen molar-refractivity contribution in [2.24, 2.45) is 0 Å². The number of methoxy groups -OCH3 is 1. The standard InChI is InChI=1S/C16H17NO4S/c1-17(15-6-4-3-5-7-15)22(19,20)12-13-8-10-14(11-9-13)16(18)21-2/h3-11H,12H2,1-2H3. The van der Waals surface area contributed by atoms with E-state index in [1.54, 1.807) is 48.5 Å². The second-order valence-electron chi connectivity index (χ2n) is 4.75. The Morgan fingerprint density at radius 3 is 2.18 bits per heavy atom. The van der Waals surface area contributed by atoms with Crippen LogP contribution in [0.2, 0.25) is 0 Å². The molecule has 6 heteroatoms. The van der Waals surface area contributed by atoms with E-state index in [1.165, 1.54) is 18.5 Å². The van der Waals surface area contributed by atoms with E-state index >= 15 is 0 Å². The lowest BCUT2D eigenvalue weighted by Gasteiger charge is -2.19. The van der Waals surface area contributed by atoms with Gasteiger partial charge in [0, 0.05) is 7.05 Å². The minimum absolute atomic E-state index is 0.139. The Balaban J connectivity index is 2.17. The molecule has 0 bridgehead atoms. The first-order chi connectivity index (χ1) is 10.4. The van der Waals surface area contributed by atoms with Crippen molar-refractivity contribution in [2.45, 2.75) is 5.75 Å². The number of hydrogen-bond acceptors (Lipinski definition) is 4. The summed E-state index contributed by atoms with van der Waals surface area (Å²) in [5, 5.41) is 0. The molecule has 116 valence electrons. The normalized spacial score (nSPS) is 11.0. The number of sulfonamides is 1. The molecule has 2 rings (SSSR count). The van der Waals surface area contributed by atoms with Crippen LogP contribution in [0.15, 0.2) is 54.6 Å². The highest BCUT2D eigenvalue weighted by molar-refractivity contribution is 7.92. The van der Waals surface area contributed by atoms with Crippen molar-refractivity contribution < 1.29 is 17.9 Å². The van der Waals surface area contributed by atoms with Crippen LogP contribution in [-0.2, 0) is 20.5 Å². The molecule has 2 aromatic rings. The molecule has 0 aliphatic rings. The molecule has 0 amide bonds. The lowest BCUT2D eigenvalue weighted by molar-refractivity contribution is 0.0600. The molecule has 0 saturated carbocycles. The Morgan fingerprint density at radius 1 is 1.05 bits per heavy atom. The number of para-hydroxylation sites is 1. The third-order valence-corrected chi connectivity index (χ3v) is 5.00. The van der Waals surface area contributed by atoms with Gasteiger partial charge in [0.2, 0.25) is 10.0 Å². The second-order valence-corrected chi connectivity index (χ2v) is 6.75. The van der Waals surface area contributed by atoms with Gasteiger partial charge in [-0.3, -0.25) is 4.31 Å². The van der Waals surface area contributed by atoms with E-state index in [9.17, 15) is 13.2 Å². The van der Waals surface area contributed by atoms with Gasteiger partial charge >= 0.3 is 5.97 Å². The predicted molar refractivity (Wildman–Crippen MR) is 85.3 cm³/mol. The number of carbonyl (C=O) groups excluding carboxylic acids is 1. The van der Waals surface area contributed by atoms with Gasteiger partial charge in [-0.1, -0.05) is 30.3 Å². The van der Waals surface area contributed by atoms with Crippen LogP contribution in [0, 0.1) is 0 Å². The molecule has 0 fully saturated rings. The average molecular weight is 319 g/mol. The van der Waals surface area contributed by atoms with Crippen molar-refractivity contribution in [3.63, 3.8) is 0 Å². The second kappa shape index (κ2) is 6.62. The van der Waals surface area contributed by atoms with Gasteiger partial charge in [0.15, 0.2) is 0 Å². The Labute approximate surface area is 130 Å². The first-order valence-electron chi connectivity index (χ1n) is 6.63. The number of hydrogen-bond donors (Lipinski definition) is 0. The zero-order valence-corrected chi connectivity index (χ0v) is 13.2. The zero-order valence-electron chi connectivity index (χ0n) is 12.4. The van der Waals surface area contributed by atoms with Crippen molar-refractivity contribution in [1.82, 2.24) is 0 Å². The van der Waals surface area contributed by atoms with E-state index in [0.717, 1.165) is 0 Å². The number of carbonyl (C=O) groups is 1. The molecule has 0 N–H and O–H groups in total. The highest BCUT2D eigenvalue weighted by Gasteiger charge is 2.19. The van der Waals surface area contributed by atoms with Gasteiger partial charge in [-0.05, 0) is 29.8 Å². The maximum absolute atomic E-state index is 12.4. The van der Waals surface area contributed by atoms with E-state index in [1.807, 2.05) is 6.07 Å². The fraction of sp³-hybridized carbons (Fsp3) is 0.188. The lowest BCUT2D eigenvalue weighted by Crippen LogP contribution is -2.27. The molecule has 22 heavy (non-hydrogen) atoms. The summed E-state index contributed by atoms with van der Waals surface area (Å²) in [6, 6.07) is 15.2. The third kappa shape index (κ3) is 3.65. The van der Waals surface area contributed by atoms with E-state index in [-0.39, 0.29) is 5.75 Å². The van der Waals surface area contributed by atoms with Crippen molar-refractivity contribution in [2.75, 3.05) is 18.5 Å². The van der Waals surface area contributed by atoms with Crippen LogP contribution in [0.1, 0.15) is 15.9 Å². The molecule has 0 unspecified atom stereocenters. The molecule has 0 atom stereocenters. The quantitative estimate of drug-likeness (QED) is 0.794. The SMILES string of the molecule is COC(=O)c1ccc(CS(=O)(=O)N(C)c2ccccc2)cc1. The van der Waals surface area contributed by atoms with Gasteiger partial charge < -0.3 is 4.74 Å². The molecule has 0 radical (unpaired) electrons. The molecule has 0 aromatic heterocycles. The lowest BCUT2D eigenvalue weighted by atomic mass is 10.1. The fourth-order valence-electron chi connectivity index (χ4n) is 1.96. The molecule has 0 aliphatic carbocycles. The van der Waals surface area contributed by atoms with E-state index in [2.05, 4.69) is 4.74 Å². The van der Waals surface area contributed by atoms with Gasteiger partial charge in [0.25, 0.3) is 0 Å². The van der Waals surface area contributed by atoms with Crippen LogP contribution in [0.3, 0.4) is 0 Å². The van der Waals surface area contributed by atoms with Crippen molar-refractivity contribution in [3.05, 3.63) is 65.7 Å². The summed E-state index contributed by atoms with van der Waals surface area (Å²) in [5.41, 5.74) is 1.60. The maximum Gasteiger partial charge on any atom is 0.337 e. The molecule has 0 saturated heterocycles. The van der Waals surface area contributed by atoms with E-state index < -0.39 is 16.0 Å². The fourth-order valence-corrected chi connectivity index (χ4v) is 3.21. The Bertz CT molecular complexity index is 739. The number of ether oxygens (including phenoxy) is 1. The Hall–Kier alpha value is -2.34. The molecule has 2 aromatic carbocycles. The number of benzene rings is 2. The van der Waals surface area contributed by atoms with Crippen LogP contribution >= 0.6 is 0 Å². The molecule has 5 nitrogen and oxygen atoms in total. The third-order valence-electron chi connectivity index (χ3n) is 3.26. The molecular weight excluding hydrogens is 302 g/mol. The van der Waals surface area contributed by atoms with Crippen molar-refractivity contribution in [1.29, 1.82) is 0 Å². The number of rotatable bonds is 5. The monoisotopic (exact) mass is 319 g/mol. The summed E-state index contributed by atoms with van der Waals surface area (Å²) in [7, 11) is -0.665.